The molecule has 2 atom stereocenters. The van der Waals surface area contributed by atoms with Gasteiger partial charge in [0.15, 0.2) is 0 Å². The van der Waals surface area contributed by atoms with Crippen LogP contribution in [0.3, 0.4) is 0 Å². The molecular weight excluding hydrogens is 288 g/mol. The number of allylic oxidation sites excluding steroid dienone is 7. The summed E-state index contributed by atoms with van der Waals surface area (Å²) >= 11 is 0. The number of rotatable bonds is 13. The van der Waals surface area contributed by atoms with Crippen LogP contribution in [-0.2, 0) is 9.53 Å². The fourth-order valence-electron chi connectivity index (χ4n) is 2.42. The van der Waals surface area contributed by atoms with Crippen molar-refractivity contribution < 1.29 is 14.6 Å². The van der Waals surface area contributed by atoms with Gasteiger partial charge in [0.1, 0.15) is 0 Å². The molecule has 1 unspecified atom stereocenters. The molecule has 1 N–H and O–H groups in total. The molecule has 0 bridgehead atoms. The third-order valence-corrected chi connectivity index (χ3v) is 3.88. The average molecular weight is 318 g/mol. The van der Waals surface area contributed by atoms with Crippen LogP contribution in [0.15, 0.2) is 48.6 Å². The first-order valence-corrected chi connectivity index (χ1v) is 8.75. The molecule has 1 heterocycles. The van der Waals surface area contributed by atoms with Crippen molar-refractivity contribution in [1.82, 2.24) is 0 Å². The summed E-state index contributed by atoms with van der Waals surface area (Å²) in [5.41, 5.74) is 0. The van der Waals surface area contributed by atoms with E-state index in [1.54, 1.807) is 6.08 Å². The first-order valence-electron chi connectivity index (χ1n) is 8.75. The molecule has 0 saturated carbocycles. The lowest BCUT2D eigenvalue weighted by Crippen LogP contribution is -1.89. The number of carboxylic acids is 1. The standard InChI is InChI=1S/C20H30O3/c1-18-19(23-18)16-14-12-10-8-6-4-2-3-5-7-9-11-13-15-17-20(21)22/h3,5,7,9,11,13,15,17-19H,2,4,6,8,10,12,14,16H2,1H3,(H,21,22)/t18?,19-/m0/s1. The average Bonchev–Trinajstić information content (AvgIpc) is 3.22. The van der Waals surface area contributed by atoms with Crippen molar-refractivity contribution in [2.45, 2.75) is 70.5 Å². The van der Waals surface area contributed by atoms with Crippen LogP contribution in [0.2, 0.25) is 0 Å². The van der Waals surface area contributed by atoms with E-state index in [9.17, 15) is 4.79 Å². The van der Waals surface area contributed by atoms with Gasteiger partial charge in [0.25, 0.3) is 0 Å². The molecule has 0 aromatic rings. The van der Waals surface area contributed by atoms with Crippen LogP contribution in [0.4, 0.5) is 0 Å². The van der Waals surface area contributed by atoms with Gasteiger partial charge in [-0.25, -0.2) is 4.79 Å². The Balaban J connectivity index is 1.83. The Morgan fingerprint density at radius 1 is 0.913 bits per heavy atom. The van der Waals surface area contributed by atoms with Gasteiger partial charge in [-0.1, -0.05) is 74.6 Å². The molecule has 0 amide bonds. The number of carbonyl (C=O) groups is 1. The Morgan fingerprint density at radius 3 is 2.13 bits per heavy atom. The molecule has 0 spiro atoms. The maximum absolute atomic E-state index is 10.2. The Hall–Kier alpha value is -1.61. The molecule has 1 aliphatic rings. The van der Waals surface area contributed by atoms with Gasteiger partial charge in [0.05, 0.1) is 12.2 Å². The monoisotopic (exact) mass is 318 g/mol. The minimum absolute atomic E-state index is 0.521. The van der Waals surface area contributed by atoms with E-state index < -0.39 is 5.97 Å². The number of aliphatic carboxylic acids is 1. The normalized spacial score (nSPS) is 21.3. The minimum Gasteiger partial charge on any atom is -0.478 e. The van der Waals surface area contributed by atoms with Crippen molar-refractivity contribution in [2.24, 2.45) is 0 Å². The third kappa shape index (κ3) is 12.6. The lowest BCUT2D eigenvalue weighted by atomic mass is 10.1. The smallest absolute Gasteiger partial charge is 0.328 e. The lowest BCUT2D eigenvalue weighted by molar-refractivity contribution is -0.131. The van der Waals surface area contributed by atoms with E-state index in [1.807, 2.05) is 24.3 Å². The van der Waals surface area contributed by atoms with Crippen LogP contribution < -0.4 is 0 Å². The maximum Gasteiger partial charge on any atom is 0.328 e. The van der Waals surface area contributed by atoms with Crippen LogP contribution in [0.1, 0.15) is 58.3 Å². The van der Waals surface area contributed by atoms with E-state index in [0.717, 1.165) is 12.5 Å². The zero-order valence-corrected chi connectivity index (χ0v) is 14.2. The number of ether oxygens (including phenoxy) is 1. The van der Waals surface area contributed by atoms with Crippen molar-refractivity contribution in [3.63, 3.8) is 0 Å². The van der Waals surface area contributed by atoms with E-state index in [1.165, 1.54) is 51.0 Å². The van der Waals surface area contributed by atoms with Crippen molar-refractivity contribution in [3.05, 3.63) is 48.6 Å². The van der Waals surface area contributed by atoms with Crippen molar-refractivity contribution in [1.29, 1.82) is 0 Å². The van der Waals surface area contributed by atoms with Gasteiger partial charge in [-0.2, -0.15) is 0 Å². The van der Waals surface area contributed by atoms with Gasteiger partial charge in [0, 0.05) is 6.08 Å². The quantitative estimate of drug-likeness (QED) is 0.220. The van der Waals surface area contributed by atoms with Gasteiger partial charge in [-0.05, 0) is 26.2 Å². The molecule has 1 saturated heterocycles. The largest absolute Gasteiger partial charge is 0.478 e. The predicted molar refractivity (Wildman–Crippen MR) is 95.5 cm³/mol. The minimum atomic E-state index is -0.926. The zero-order valence-electron chi connectivity index (χ0n) is 14.2. The second-order valence-electron chi connectivity index (χ2n) is 5.97. The summed E-state index contributed by atoms with van der Waals surface area (Å²) in [4.78, 5) is 10.2. The van der Waals surface area contributed by atoms with Crippen LogP contribution in [-0.4, -0.2) is 23.3 Å². The molecule has 1 rings (SSSR count). The molecule has 3 nitrogen and oxygen atoms in total. The zero-order chi connectivity index (χ0) is 16.8. The molecule has 0 aliphatic carbocycles. The molecule has 23 heavy (non-hydrogen) atoms. The molecular formula is C20H30O3. The van der Waals surface area contributed by atoms with Gasteiger partial charge < -0.3 is 9.84 Å². The van der Waals surface area contributed by atoms with Crippen molar-refractivity contribution >= 4 is 5.97 Å². The van der Waals surface area contributed by atoms with Crippen molar-refractivity contribution in [2.75, 3.05) is 0 Å². The number of epoxide rings is 1. The SMILES string of the molecule is CC1O[C@H]1CCCCCCCCC=CC=CC=CC=CC(=O)O. The fourth-order valence-corrected chi connectivity index (χ4v) is 2.42. The second-order valence-corrected chi connectivity index (χ2v) is 5.97. The van der Waals surface area contributed by atoms with Crippen LogP contribution in [0.25, 0.3) is 0 Å². The van der Waals surface area contributed by atoms with E-state index in [-0.39, 0.29) is 0 Å². The molecule has 3 heteroatoms. The van der Waals surface area contributed by atoms with Gasteiger partial charge in [-0.3, -0.25) is 0 Å². The van der Waals surface area contributed by atoms with Crippen LogP contribution >= 0.6 is 0 Å². The fraction of sp³-hybridized carbons (Fsp3) is 0.550. The summed E-state index contributed by atoms with van der Waals surface area (Å²) in [5, 5.41) is 8.40. The summed E-state index contributed by atoms with van der Waals surface area (Å²) in [5.74, 6) is -0.926. The van der Waals surface area contributed by atoms with E-state index in [0.29, 0.717) is 12.2 Å². The number of unbranched alkanes of at least 4 members (excludes halogenated alkanes) is 6. The molecule has 1 aliphatic heterocycles. The first kappa shape index (κ1) is 19.4. The highest BCUT2D eigenvalue weighted by molar-refractivity contribution is 5.80. The Kier molecular flexibility index (Phi) is 10.9. The van der Waals surface area contributed by atoms with E-state index >= 15 is 0 Å². The number of hydrogen-bond acceptors (Lipinski definition) is 2. The molecule has 0 radical (unpaired) electrons. The summed E-state index contributed by atoms with van der Waals surface area (Å²) in [6.45, 7) is 2.15. The van der Waals surface area contributed by atoms with Crippen LogP contribution in [0, 0.1) is 0 Å². The molecule has 128 valence electrons. The van der Waals surface area contributed by atoms with Crippen molar-refractivity contribution in [3.8, 4) is 0 Å². The summed E-state index contributed by atoms with van der Waals surface area (Å²) in [6, 6.07) is 0. The summed E-state index contributed by atoms with van der Waals surface area (Å²) in [6.07, 6.45) is 25.6. The second kappa shape index (κ2) is 12.9. The lowest BCUT2D eigenvalue weighted by Gasteiger charge is -1.99. The van der Waals surface area contributed by atoms with Gasteiger partial charge in [-0.15, -0.1) is 0 Å². The molecule has 0 aromatic carbocycles. The maximum atomic E-state index is 10.2. The Bertz CT molecular complexity index is 432. The summed E-state index contributed by atoms with van der Waals surface area (Å²) < 4.78 is 5.40. The number of hydrogen-bond donors (Lipinski definition) is 1. The van der Waals surface area contributed by atoms with Crippen LogP contribution in [0.5, 0.6) is 0 Å². The topological polar surface area (TPSA) is 49.8 Å². The van der Waals surface area contributed by atoms with E-state index in [2.05, 4.69) is 13.0 Å². The van der Waals surface area contributed by atoms with Gasteiger partial charge >= 0.3 is 5.97 Å². The Labute approximate surface area is 140 Å². The van der Waals surface area contributed by atoms with Gasteiger partial charge in [0.2, 0.25) is 0 Å². The highest BCUT2D eigenvalue weighted by atomic mass is 16.6. The molecule has 1 fully saturated rings. The highest BCUT2D eigenvalue weighted by Gasteiger charge is 2.32. The first-order chi connectivity index (χ1) is 11.2. The predicted octanol–water partition coefficient (Wildman–Crippen LogP) is 5.20. The van der Waals surface area contributed by atoms with E-state index in [4.69, 9.17) is 9.84 Å². The Morgan fingerprint density at radius 2 is 1.48 bits per heavy atom. The third-order valence-electron chi connectivity index (χ3n) is 3.88. The highest BCUT2D eigenvalue weighted by Crippen LogP contribution is 2.26. The summed E-state index contributed by atoms with van der Waals surface area (Å²) in [7, 11) is 0. The number of carboxylic acid groups (broad SMARTS) is 1. The molecule has 0 aromatic heterocycles.